The molecule has 3 nitrogen and oxygen atoms in total. The maximum atomic E-state index is 10.3. The molecule has 16 heavy (non-hydrogen) atoms. The SMILES string of the molecule is CCCN(CC(C)(O)CNC(C)C)C(C)C. The van der Waals surface area contributed by atoms with Gasteiger partial charge in [0.1, 0.15) is 0 Å². The molecule has 0 aliphatic heterocycles. The molecule has 0 saturated heterocycles. The van der Waals surface area contributed by atoms with Crippen LogP contribution in [0, 0.1) is 0 Å². The molecule has 1 atom stereocenters. The maximum Gasteiger partial charge on any atom is 0.0869 e. The monoisotopic (exact) mass is 230 g/mol. The van der Waals surface area contributed by atoms with Gasteiger partial charge in [0.2, 0.25) is 0 Å². The summed E-state index contributed by atoms with van der Waals surface area (Å²) in [4.78, 5) is 2.34. The molecule has 0 aliphatic rings. The standard InChI is InChI=1S/C13H30N2O/c1-7-8-15(12(4)5)10-13(6,16)9-14-11(2)3/h11-12,14,16H,7-10H2,1-6H3. The normalized spacial score (nSPS) is 16.1. The number of nitrogens with one attached hydrogen (secondary N) is 1. The number of nitrogens with zero attached hydrogens (tertiary/aromatic N) is 1. The Hall–Kier alpha value is -0.120. The highest BCUT2D eigenvalue weighted by Crippen LogP contribution is 2.09. The Morgan fingerprint density at radius 3 is 2.19 bits per heavy atom. The summed E-state index contributed by atoms with van der Waals surface area (Å²) >= 11 is 0. The highest BCUT2D eigenvalue weighted by Gasteiger charge is 2.24. The molecular weight excluding hydrogens is 200 g/mol. The summed E-state index contributed by atoms with van der Waals surface area (Å²) in [7, 11) is 0. The fourth-order valence-electron chi connectivity index (χ4n) is 1.72. The van der Waals surface area contributed by atoms with Crippen molar-refractivity contribution in [2.45, 2.75) is 65.6 Å². The van der Waals surface area contributed by atoms with Crippen molar-refractivity contribution < 1.29 is 5.11 Å². The van der Waals surface area contributed by atoms with Gasteiger partial charge < -0.3 is 10.4 Å². The first-order valence-electron chi connectivity index (χ1n) is 6.48. The summed E-state index contributed by atoms with van der Waals surface area (Å²) in [6, 6.07) is 0.913. The van der Waals surface area contributed by atoms with E-state index in [-0.39, 0.29) is 0 Å². The minimum Gasteiger partial charge on any atom is -0.388 e. The van der Waals surface area contributed by atoms with E-state index in [1.54, 1.807) is 0 Å². The first kappa shape index (κ1) is 15.9. The molecule has 0 heterocycles. The van der Waals surface area contributed by atoms with Gasteiger partial charge >= 0.3 is 0 Å². The Morgan fingerprint density at radius 1 is 1.25 bits per heavy atom. The van der Waals surface area contributed by atoms with Crippen molar-refractivity contribution in [1.29, 1.82) is 0 Å². The van der Waals surface area contributed by atoms with Crippen molar-refractivity contribution in [1.82, 2.24) is 10.2 Å². The number of aliphatic hydroxyl groups is 1. The van der Waals surface area contributed by atoms with Crippen molar-refractivity contribution in [3.8, 4) is 0 Å². The van der Waals surface area contributed by atoms with E-state index in [1.807, 2.05) is 6.92 Å². The lowest BCUT2D eigenvalue weighted by Gasteiger charge is -2.34. The molecule has 0 bridgehead atoms. The van der Waals surface area contributed by atoms with E-state index in [4.69, 9.17) is 0 Å². The van der Waals surface area contributed by atoms with Gasteiger partial charge in [0.05, 0.1) is 5.60 Å². The van der Waals surface area contributed by atoms with Gasteiger partial charge in [0.15, 0.2) is 0 Å². The molecule has 0 saturated carbocycles. The van der Waals surface area contributed by atoms with Crippen molar-refractivity contribution in [3.05, 3.63) is 0 Å². The zero-order chi connectivity index (χ0) is 12.8. The summed E-state index contributed by atoms with van der Waals surface area (Å²) in [6.07, 6.45) is 1.13. The fraction of sp³-hybridized carbons (Fsp3) is 1.00. The predicted molar refractivity (Wildman–Crippen MR) is 70.8 cm³/mol. The van der Waals surface area contributed by atoms with Crippen LogP contribution in [0.1, 0.15) is 48.0 Å². The van der Waals surface area contributed by atoms with Gasteiger partial charge in [-0.25, -0.2) is 0 Å². The Bertz CT molecular complexity index is 179. The van der Waals surface area contributed by atoms with Gasteiger partial charge in [-0.2, -0.15) is 0 Å². The minimum absolute atomic E-state index is 0.421. The third-order valence-electron chi connectivity index (χ3n) is 2.68. The Balaban J connectivity index is 4.18. The highest BCUT2D eigenvalue weighted by molar-refractivity contribution is 4.82. The molecule has 3 heteroatoms. The van der Waals surface area contributed by atoms with Crippen molar-refractivity contribution in [3.63, 3.8) is 0 Å². The highest BCUT2D eigenvalue weighted by atomic mass is 16.3. The number of rotatable bonds is 8. The maximum absolute atomic E-state index is 10.3. The second-order valence-electron chi connectivity index (χ2n) is 5.60. The van der Waals surface area contributed by atoms with E-state index >= 15 is 0 Å². The molecule has 0 aliphatic carbocycles. The topological polar surface area (TPSA) is 35.5 Å². The Kier molecular flexibility index (Phi) is 7.20. The zero-order valence-electron chi connectivity index (χ0n) is 11.9. The van der Waals surface area contributed by atoms with Crippen LogP contribution in [0.15, 0.2) is 0 Å². The minimum atomic E-state index is -0.649. The smallest absolute Gasteiger partial charge is 0.0869 e. The van der Waals surface area contributed by atoms with Gasteiger partial charge in [-0.3, -0.25) is 4.90 Å². The Labute approximate surface area is 101 Å². The molecular formula is C13H30N2O. The van der Waals surface area contributed by atoms with Crippen LogP contribution in [0.25, 0.3) is 0 Å². The van der Waals surface area contributed by atoms with Gasteiger partial charge in [0, 0.05) is 25.2 Å². The van der Waals surface area contributed by atoms with Crippen LogP contribution < -0.4 is 5.32 Å². The molecule has 0 aromatic carbocycles. The summed E-state index contributed by atoms with van der Waals surface area (Å²) in [5.41, 5.74) is -0.649. The molecule has 0 aromatic rings. The summed E-state index contributed by atoms with van der Waals surface area (Å²) in [6.45, 7) is 15.1. The first-order chi connectivity index (χ1) is 7.28. The third-order valence-corrected chi connectivity index (χ3v) is 2.68. The van der Waals surface area contributed by atoms with Crippen molar-refractivity contribution in [2.75, 3.05) is 19.6 Å². The summed E-state index contributed by atoms with van der Waals surface area (Å²) in [5, 5.41) is 13.6. The molecule has 0 spiro atoms. The number of hydrogen-bond acceptors (Lipinski definition) is 3. The lowest BCUT2D eigenvalue weighted by atomic mass is 10.0. The van der Waals surface area contributed by atoms with E-state index in [0.29, 0.717) is 18.6 Å². The molecule has 2 N–H and O–H groups in total. The van der Waals surface area contributed by atoms with Gasteiger partial charge in [0.25, 0.3) is 0 Å². The molecule has 0 fully saturated rings. The van der Waals surface area contributed by atoms with Crippen molar-refractivity contribution in [2.24, 2.45) is 0 Å². The molecule has 98 valence electrons. The van der Waals surface area contributed by atoms with E-state index in [9.17, 15) is 5.11 Å². The molecule has 0 rings (SSSR count). The lowest BCUT2D eigenvalue weighted by molar-refractivity contribution is 0.00952. The van der Waals surface area contributed by atoms with Crippen molar-refractivity contribution >= 4 is 0 Å². The van der Waals surface area contributed by atoms with E-state index < -0.39 is 5.60 Å². The van der Waals surface area contributed by atoms with Gasteiger partial charge in [-0.05, 0) is 33.7 Å². The van der Waals surface area contributed by atoms with Crippen LogP contribution in [-0.4, -0.2) is 47.3 Å². The van der Waals surface area contributed by atoms with E-state index in [1.165, 1.54) is 0 Å². The molecule has 0 aromatic heterocycles. The van der Waals surface area contributed by atoms with E-state index in [0.717, 1.165) is 19.5 Å². The van der Waals surface area contributed by atoms with Gasteiger partial charge in [-0.1, -0.05) is 20.8 Å². The lowest BCUT2D eigenvalue weighted by Crippen LogP contribution is -2.50. The van der Waals surface area contributed by atoms with Crippen LogP contribution in [0.5, 0.6) is 0 Å². The number of hydrogen-bond donors (Lipinski definition) is 2. The second-order valence-corrected chi connectivity index (χ2v) is 5.60. The van der Waals surface area contributed by atoms with Crippen LogP contribution in [0.3, 0.4) is 0 Å². The van der Waals surface area contributed by atoms with Crippen LogP contribution in [0.4, 0.5) is 0 Å². The van der Waals surface area contributed by atoms with Gasteiger partial charge in [-0.15, -0.1) is 0 Å². The predicted octanol–water partition coefficient (Wildman–Crippen LogP) is 1.86. The molecule has 0 radical (unpaired) electrons. The molecule has 1 unspecified atom stereocenters. The zero-order valence-corrected chi connectivity index (χ0v) is 11.9. The second kappa shape index (κ2) is 7.25. The third kappa shape index (κ3) is 7.20. The quantitative estimate of drug-likeness (QED) is 0.668. The average Bonchev–Trinajstić information content (AvgIpc) is 2.14. The van der Waals surface area contributed by atoms with Crippen LogP contribution in [0.2, 0.25) is 0 Å². The van der Waals surface area contributed by atoms with Crippen LogP contribution >= 0.6 is 0 Å². The fourth-order valence-corrected chi connectivity index (χ4v) is 1.72. The summed E-state index contributed by atoms with van der Waals surface area (Å²) < 4.78 is 0. The largest absolute Gasteiger partial charge is 0.388 e. The average molecular weight is 230 g/mol. The van der Waals surface area contributed by atoms with Crippen LogP contribution in [-0.2, 0) is 0 Å². The molecule has 0 amide bonds. The summed E-state index contributed by atoms with van der Waals surface area (Å²) in [5.74, 6) is 0. The Morgan fingerprint density at radius 2 is 1.81 bits per heavy atom. The van der Waals surface area contributed by atoms with E-state index in [2.05, 4.69) is 44.8 Å². The first-order valence-corrected chi connectivity index (χ1v) is 6.48.